The zero-order valence-electron chi connectivity index (χ0n) is 20.4. The number of ether oxygens (including phenoxy) is 3. The van der Waals surface area contributed by atoms with Crippen LogP contribution in [-0.4, -0.2) is 61.0 Å². The summed E-state index contributed by atoms with van der Waals surface area (Å²) in [5.41, 5.74) is 5.44. The van der Waals surface area contributed by atoms with Crippen molar-refractivity contribution in [3.63, 3.8) is 0 Å². The Balaban J connectivity index is 2.93. The average Bonchev–Trinajstić information content (AvgIpc) is 3.07. The molecule has 13 heteroatoms. The summed E-state index contributed by atoms with van der Waals surface area (Å²) >= 11 is 0. The Kier molecular flexibility index (Phi) is 10.5. The molecule has 0 aliphatic carbocycles. The van der Waals surface area contributed by atoms with E-state index >= 15 is 0 Å². The smallest absolute Gasteiger partial charge is 0.413 e. The van der Waals surface area contributed by atoms with Gasteiger partial charge in [0.1, 0.15) is 12.3 Å². The number of nitrogens with zero attached hydrogens (tertiary/aromatic N) is 3. The van der Waals surface area contributed by atoms with Crippen molar-refractivity contribution in [1.29, 1.82) is 0 Å². The van der Waals surface area contributed by atoms with Crippen LogP contribution in [0.25, 0.3) is 0 Å². The number of esters is 1. The van der Waals surface area contributed by atoms with E-state index in [2.05, 4.69) is 39.9 Å². The fourth-order valence-electron chi connectivity index (χ4n) is 2.21. The number of nitrogens with one attached hydrogen (secondary N) is 1. The van der Waals surface area contributed by atoms with E-state index in [9.17, 15) is 14.4 Å². The van der Waals surface area contributed by atoms with E-state index in [0.29, 0.717) is 6.61 Å². The van der Waals surface area contributed by atoms with Crippen LogP contribution in [0.4, 0.5) is 10.6 Å². The lowest BCUT2D eigenvalue weighted by Gasteiger charge is -2.19. The SMILES string of the molecule is COC(=O)CCC(=O)ON=C(N)c1cn(COCC[Si](C)(C)C)nc1NC(=O)OC(C)(C)C. The van der Waals surface area contributed by atoms with Crippen molar-refractivity contribution in [1.82, 2.24) is 9.78 Å². The maximum absolute atomic E-state index is 12.2. The van der Waals surface area contributed by atoms with Crippen LogP contribution in [0.2, 0.25) is 25.7 Å². The molecule has 0 saturated carbocycles. The van der Waals surface area contributed by atoms with Crippen LogP contribution in [0, 0.1) is 0 Å². The Morgan fingerprint density at radius 2 is 1.82 bits per heavy atom. The molecule has 1 amide bonds. The van der Waals surface area contributed by atoms with E-state index in [-0.39, 0.29) is 36.8 Å². The molecule has 3 N–H and O–H groups in total. The zero-order valence-corrected chi connectivity index (χ0v) is 21.4. The summed E-state index contributed by atoms with van der Waals surface area (Å²) in [5, 5.41) is 10.4. The predicted octanol–water partition coefficient (Wildman–Crippen LogP) is 2.66. The monoisotopic (exact) mass is 485 g/mol. The van der Waals surface area contributed by atoms with E-state index in [1.807, 2.05) is 0 Å². The molecule has 12 nitrogen and oxygen atoms in total. The first-order valence-corrected chi connectivity index (χ1v) is 14.2. The van der Waals surface area contributed by atoms with Gasteiger partial charge in [-0.25, -0.2) is 14.3 Å². The quantitative estimate of drug-likeness (QED) is 0.0914. The molecule has 186 valence electrons. The van der Waals surface area contributed by atoms with Gasteiger partial charge in [0.25, 0.3) is 0 Å². The molecule has 1 aromatic rings. The van der Waals surface area contributed by atoms with E-state index in [4.69, 9.17) is 20.0 Å². The summed E-state index contributed by atoms with van der Waals surface area (Å²) in [4.78, 5) is 39.8. The highest BCUT2D eigenvalue weighted by Crippen LogP contribution is 2.16. The van der Waals surface area contributed by atoms with Gasteiger partial charge in [0.2, 0.25) is 0 Å². The standard InChI is InChI=1S/C20H35N5O7Si/c1-20(2,3)31-19(28)22-18-14(12-25(23-18)13-30-10-11-33(5,6)7)17(21)24-32-16(27)9-8-15(26)29-4/h12H,8-11,13H2,1-7H3,(H2,21,24)(H,22,23,28). The van der Waals surface area contributed by atoms with Crippen LogP contribution in [0.1, 0.15) is 39.2 Å². The van der Waals surface area contributed by atoms with Gasteiger partial charge in [-0.15, -0.1) is 0 Å². The van der Waals surface area contributed by atoms with Crippen molar-refractivity contribution in [2.24, 2.45) is 10.9 Å². The predicted molar refractivity (Wildman–Crippen MR) is 124 cm³/mol. The third-order valence-corrected chi connectivity index (χ3v) is 5.59. The molecular formula is C20H35N5O7Si. The minimum Gasteiger partial charge on any atom is -0.469 e. The van der Waals surface area contributed by atoms with Crippen molar-refractivity contribution < 1.29 is 33.4 Å². The summed E-state index contributed by atoms with van der Waals surface area (Å²) < 4.78 is 16.8. The van der Waals surface area contributed by atoms with Crippen LogP contribution in [0.5, 0.6) is 0 Å². The largest absolute Gasteiger partial charge is 0.469 e. The normalized spacial score (nSPS) is 12.3. The Morgan fingerprint density at radius 1 is 1.18 bits per heavy atom. The van der Waals surface area contributed by atoms with Gasteiger partial charge < -0.3 is 24.8 Å². The molecule has 0 unspecified atom stereocenters. The number of amides is 1. The number of anilines is 1. The van der Waals surface area contributed by atoms with Crippen molar-refractivity contribution >= 4 is 37.8 Å². The van der Waals surface area contributed by atoms with E-state index in [0.717, 1.165) is 6.04 Å². The Morgan fingerprint density at radius 3 is 2.39 bits per heavy atom. The van der Waals surface area contributed by atoms with Gasteiger partial charge in [0.05, 0.1) is 25.5 Å². The van der Waals surface area contributed by atoms with Crippen LogP contribution < -0.4 is 11.1 Å². The fourth-order valence-corrected chi connectivity index (χ4v) is 2.96. The summed E-state index contributed by atoms with van der Waals surface area (Å²) in [6.45, 7) is 12.6. The number of amidine groups is 1. The molecule has 0 spiro atoms. The summed E-state index contributed by atoms with van der Waals surface area (Å²) in [5.74, 6) is -1.47. The summed E-state index contributed by atoms with van der Waals surface area (Å²) in [6.07, 6.45) is 0.388. The number of hydrogen-bond acceptors (Lipinski definition) is 9. The molecule has 0 saturated heterocycles. The van der Waals surface area contributed by atoms with Gasteiger partial charge in [0.15, 0.2) is 11.7 Å². The van der Waals surface area contributed by atoms with E-state index in [1.54, 1.807) is 20.8 Å². The second-order valence-electron chi connectivity index (χ2n) is 9.42. The number of carbonyl (C=O) groups is 3. The first-order chi connectivity index (χ1) is 15.2. The molecule has 0 radical (unpaired) electrons. The van der Waals surface area contributed by atoms with Gasteiger partial charge in [-0.2, -0.15) is 5.10 Å². The molecule has 1 aromatic heterocycles. The average molecular weight is 486 g/mol. The number of hydrogen-bond donors (Lipinski definition) is 2. The maximum Gasteiger partial charge on any atom is 0.413 e. The molecule has 0 aliphatic heterocycles. The van der Waals surface area contributed by atoms with Gasteiger partial charge in [-0.3, -0.25) is 10.1 Å². The molecule has 0 bridgehead atoms. The van der Waals surface area contributed by atoms with Crippen molar-refractivity contribution in [3.05, 3.63) is 11.8 Å². The first-order valence-electron chi connectivity index (χ1n) is 10.5. The van der Waals surface area contributed by atoms with Crippen molar-refractivity contribution in [2.45, 2.75) is 71.6 Å². The van der Waals surface area contributed by atoms with Gasteiger partial charge >= 0.3 is 18.0 Å². The lowest BCUT2D eigenvalue weighted by atomic mass is 10.2. The van der Waals surface area contributed by atoms with Crippen LogP contribution in [0.3, 0.4) is 0 Å². The fraction of sp³-hybridized carbons (Fsp3) is 0.650. The molecular weight excluding hydrogens is 450 g/mol. The number of aromatic nitrogens is 2. The minimum absolute atomic E-state index is 0.0601. The van der Waals surface area contributed by atoms with Crippen LogP contribution >= 0.6 is 0 Å². The van der Waals surface area contributed by atoms with Crippen LogP contribution in [-0.2, 0) is 35.4 Å². The van der Waals surface area contributed by atoms with E-state index in [1.165, 1.54) is 18.0 Å². The highest BCUT2D eigenvalue weighted by molar-refractivity contribution is 6.76. The summed E-state index contributed by atoms with van der Waals surface area (Å²) in [6, 6.07) is 0.981. The van der Waals surface area contributed by atoms with Gasteiger partial charge in [-0.05, 0) is 26.8 Å². The molecule has 0 aromatic carbocycles. The molecule has 1 heterocycles. The van der Waals surface area contributed by atoms with Gasteiger partial charge in [0, 0.05) is 20.9 Å². The number of rotatable bonds is 11. The highest BCUT2D eigenvalue weighted by atomic mass is 28.3. The topological polar surface area (TPSA) is 156 Å². The Bertz CT molecular complexity index is 856. The summed E-state index contributed by atoms with van der Waals surface area (Å²) in [7, 11) is -0.0288. The maximum atomic E-state index is 12.2. The third kappa shape index (κ3) is 12.0. The zero-order chi connectivity index (χ0) is 25.2. The number of oxime groups is 1. The van der Waals surface area contributed by atoms with Gasteiger partial charge in [-0.1, -0.05) is 24.8 Å². The lowest BCUT2D eigenvalue weighted by molar-refractivity contribution is -0.148. The van der Waals surface area contributed by atoms with Crippen molar-refractivity contribution in [3.8, 4) is 0 Å². The number of methoxy groups -OCH3 is 1. The third-order valence-electron chi connectivity index (χ3n) is 3.88. The second kappa shape index (κ2) is 12.3. The minimum atomic E-state index is -1.25. The van der Waals surface area contributed by atoms with E-state index < -0.39 is 31.7 Å². The Labute approximate surface area is 194 Å². The van der Waals surface area contributed by atoms with Crippen molar-refractivity contribution in [2.75, 3.05) is 19.0 Å². The molecule has 0 atom stereocenters. The van der Waals surface area contributed by atoms with Crippen LogP contribution in [0.15, 0.2) is 11.4 Å². The molecule has 0 fully saturated rings. The molecule has 0 aliphatic rings. The first kappa shape index (κ1) is 28.1. The highest BCUT2D eigenvalue weighted by Gasteiger charge is 2.21. The second-order valence-corrected chi connectivity index (χ2v) is 15.0. The lowest BCUT2D eigenvalue weighted by Crippen LogP contribution is -2.28. The Hall–Kier alpha value is -2.93. The number of carbonyl (C=O) groups excluding carboxylic acids is 3. The molecule has 33 heavy (non-hydrogen) atoms. The molecule has 1 rings (SSSR count). The number of nitrogens with two attached hydrogens (primary N) is 1.